The van der Waals surface area contributed by atoms with Crippen LogP contribution in [0.3, 0.4) is 0 Å². The van der Waals surface area contributed by atoms with Crippen molar-refractivity contribution in [3.63, 3.8) is 0 Å². The van der Waals surface area contributed by atoms with Crippen LogP contribution in [0.1, 0.15) is 91.2 Å². The van der Waals surface area contributed by atoms with Gasteiger partial charge in [0.1, 0.15) is 0 Å². The highest BCUT2D eigenvalue weighted by Crippen LogP contribution is 2.43. The molecule has 0 aromatic heterocycles. The molecule has 2 unspecified atom stereocenters. The maximum Gasteiger partial charge on any atom is 0.0342 e. The summed E-state index contributed by atoms with van der Waals surface area (Å²) >= 11 is 0. The molecule has 182 valence electrons. The van der Waals surface area contributed by atoms with Crippen LogP contribution in [-0.2, 0) is 0 Å². The number of benzene rings is 3. The van der Waals surface area contributed by atoms with Gasteiger partial charge in [0, 0.05) is 23.5 Å². The van der Waals surface area contributed by atoms with E-state index in [1.807, 2.05) is 0 Å². The average Bonchev–Trinajstić information content (AvgIpc) is 2.83. The minimum Gasteiger partial charge on any atom is -0.383 e. The smallest absolute Gasteiger partial charge is 0.0342 e. The maximum absolute atomic E-state index is 3.60. The molecular weight excluding hydrogens is 412 g/mol. The van der Waals surface area contributed by atoms with Crippen LogP contribution in [0, 0.1) is 0 Å². The molecule has 0 aliphatic rings. The summed E-state index contributed by atoms with van der Waals surface area (Å²) in [7, 11) is 0. The van der Waals surface area contributed by atoms with Crippen LogP contribution in [-0.4, -0.2) is 12.1 Å². The average molecular weight is 457 g/mol. The summed E-state index contributed by atoms with van der Waals surface area (Å²) in [6.07, 6.45) is 2.23. The molecule has 0 heterocycles. The molecule has 0 aliphatic heterocycles. The monoisotopic (exact) mass is 456 g/mol. The van der Waals surface area contributed by atoms with Gasteiger partial charge in [-0.05, 0) is 96.2 Å². The largest absolute Gasteiger partial charge is 0.383 e. The molecule has 0 amide bonds. The van der Waals surface area contributed by atoms with E-state index in [4.69, 9.17) is 0 Å². The molecule has 3 aromatic rings. The van der Waals surface area contributed by atoms with Gasteiger partial charge in [-0.3, -0.25) is 0 Å². The molecule has 2 heteroatoms. The maximum atomic E-state index is 3.60. The zero-order chi connectivity index (χ0) is 24.8. The molecule has 0 radical (unpaired) electrons. The second-order valence-corrected chi connectivity index (χ2v) is 10.4. The molecule has 2 N–H and O–H groups in total. The van der Waals surface area contributed by atoms with Crippen molar-refractivity contribution in [1.29, 1.82) is 0 Å². The number of hydrogen-bond acceptors (Lipinski definition) is 2. The van der Waals surface area contributed by atoms with E-state index >= 15 is 0 Å². The van der Waals surface area contributed by atoms with E-state index in [1.54, 1.807) is 0 Å². The molecule has 0 bridgehead atoms. The Balaban J connectivity index is 2.15. The summed E-state index contributed by atoms with van der Waals surface area (Å²) in [5, 5.41) is 7.21. The lowest BCUT2D eigenvalue weighted by atomic mass is 9.81. The second kappa shape index (κ2) is 11.6. The quantitative estimate of drug-likeness (QED) is 0.317. The Morgan fingerprint density at radius 1 is 0.500 bits per heavy atom. The Labute approximate surface area is 208 Å². The van der Waals surface area contributed by atoms with Crippen LogP contribution in [0.2, 0.25) is 0 Å². The predicted molar refractivity (Wildman–Crippen MR) is 152 cm³/mol. The molecule has 0 saturated carbocycles. The van der Waals surface area contributed by atoms with E-state index in [0.29, 0.717) is 23.9 Å². The zero-order valence-corrected chi connectivity index (χ0v) is 22.5. The molecule has 0 saturated heterocycles. The number of anilines is 2. The van der Waals surface area contributed by atoms with Crippen molar-refractivity contribution >= 4 is 11.4 Å². The third-order valence-corrected chi connectivity index (χ3v) is 6.91. The van der Waals surface area contributed by atoms with Crippen molar-refractivity contribution in [1.82, 2.24) is 0 Å². The van der Waals surface area contributed by atoms with E-state index < -0.39 is 0 Å². The normalized spacial score (nSPS) is 13.2. The summed E-state index contributed by atoms with van der Waals surface area (Å²) in [5.41, 5.74) is 10.5. The molecule has 0 aliphatic carbocycles. The van der Waals surface area contributed by atoms with Crippen LogP contribution in [0.4, 0.5) is 11.4 Å². The summed E-state index contributed by atoms with van der Waals surface area (Å²) in [6.45, 7) is 18.1. The topological polar surface area (TPSA) is 24.1 Å². The fraction of sp³-hybridized carbons (Fsp3) is 0.438. The van der Waals surface area contributed by atoms with E-state index in [1.165, 1.54) is 44.8 Å². The summed E-state index contributed by atoms with van der Waals surface area (Å²) in [5.74, 6) is 0.887. The Morgan fingerprint density at radius 3 is 1.09 bits per heavy atom. The van der Waals surface area contributed by atoms with Crippen LogP contribution < -0.4 is 10.6 Å². The number of rotatable bonds is 10. The van der Waals surface area contributed by atoms with Crippen LogP contribution in [0.5, 0.6) is 0 Å². The van der Waals surface area contributed by atoms with Gasteiger partial charge in [-0.15, -0.1) is 0 Å². The van der Waals surface area contributed by atoms with Crippen molar-refractivity contribution in [2.45, 2.75) is 92.2 Å². The minimum absolute atomic E-state index is 0.444. The molecule has 3 rings (SSSR count). The SMILES string of the molecule is CCC(C)Nc1ccc(-c2c(C(C)C)ccc(C(C)C)c2-c2ccc(NC(C)CC)cc2)cc1. The molecule has 2 nitrogen and oxygen atoms in total. The van der Waals surface area contributed by atoms with Crippen LogP contribution in [0.25, 0.3) is 22.3 Å². The standard InChI is InChI=1S/C32H44N2/c1-9-23(7)33-27-15-11-25(12-16-27)31-29(21(3)4)19-20-30(22(5)6)32(31)26-13-17-28(18-14-26)34-24(8)10-2/h11-24,33-34H,9-10H2,1-8H3. The van der Waals surface area contributed by atoms with Crippen molar-refractivity contribution in [3.8, 4) is 22.3 Å². The van der Waals surface area contributed by atoms with E-state index in [9.17, 15) is 0 Å². The predicted octanol–water partition coefficient (Wildman–Crippen LogP) is 9.69. The molecule has 2 atom stereocenters. The first-order valence-electron chi connectivity index (χ1n) is 13.2. The highest BCUT2D eigenvalue weighted by Gasteiger charge is 2.20. The van der Waals surface area contributed by atoms with Gasteiger partial charge in [0.15, 0.2) is 0 Å². The Morgan fingerprint density at radius 2 is 0.824 bits per heavy atom. The van der Waals surface area contributed by atoms with Crippen molar-refractivity contribution in [3.05, 3.63) is 71.8 Å². The summed E-state index contributed by atoms with van der Waals surface area (Å²) in [4.78, 5) is 0. The minimum atomic E-state index is 0.444. The highest BCUT2D eigenvalue weighted by molar-refractivity contribution is 5.89. The third kappa shape index (κ3) is 6.03. The molecule has 34 heavy (non-hydrogen) atoms. The molecule has 0 fully saturated rings. The Hall–Kier alpha value is -2.74. The molecular formula is C32H44N2. The zero-order valence-electron chi connectivity index (χ0n) is 22.5. The Bertz CT molecular complexity index is 959. The van der Waals surface area contributed by atoms with Crippen molar-refractivity contribution in [2.24, 2.45) is 0 Å². The van der Waals surface area contributed by atoms with Crippen molar-refractivity contribution < 1.29 is 0 Å². The fourth-order valence-corrected chi connectivity index (χ4v) is 4.46. The molecule has 3 aromatic carbocycles. The summed E-state index contributed by atoms with van der Waals surface area (Å²) < 4.78 is 0. The first-order chi connectivity index (χ1) is 16.2. The lowest BCUT2D eigenvalue weighted by Crippen LogP contribution is -2.13. The van der Waals surface area contributed by atoms with Gasteiger partial charge in [0.2, 0.25) is 0 Å². The third-order valence-electron chi connectivity index (χ3n) is 6.91. The lowest BCUT2D eigenvalue weighted by Gasteiger charge is -2.24. The lowest BCUT2D eigenvalue weighted by molar-refractivity contribution is 0.764. The van der Waals surface area contributed by atoms with E-state index in [-0.39, 0.29) is 0 Å². The van der Waals surface area contributed by atoms with Gasteiger partial charge in [-0.1, -0.05) is 77.9 Å². The van der Waals surface area contributed by atoms with Gasteiger partial charge in [0.05, 0.1) is 0 Å². The van der Waals surface area contributed by atoms with Crippen molar-refractivity contribution in [2.75, 3.05) is 10.6 Å². The fourth-order valence-electron chi connectivity index (χ4n) is 4.46. The van der Waals surface area contributed by atoms with Crippen LogP contribution in [0.15, 0.2) is 60.7 Å². The first-order valence-corrected chi connectivity index (χ1v) is 13.2. The number of hydrogen-bond donors (Lipinski definition) is 2. The van der Waals surface area contributed by atoms with Gasteiger partial charge < -0.3 is 10.6 Å². The van der Waals surface area contributed by atoms with Gasteiger partial charge in [0.25, 0.3) is 0 Å². The highest BCUT2D eigenvalue weighted by atomic mass is 14.9. The van der Waals surface area contributed by atoms with Crippen LogP contribution >= 0.6 is 0 Å². The Kier molecular flexibility index (Phi) is 8.83. The summed E-state index contributed by atoms with van der Waals surface area (Å²) in [6, 6.07) is 23.7. The molecule has 0 spiro atoms. The second-order valence-electron chi connectivity index (χ2n) is 10.4. The number of nitrogens with one attached hydrogen (secondary N) is 2. The van der Waals surface area contributed by atoms with Gasteiger partial charge in [-0.25, -0.2) is 0 Å². The van der Waals surface area contributed by atoms with E-state index in [0.717, 1.165) is 12.8 Å². The first kappa shape index (κ1) is 25.9. The van der Waals surface area contributed by atoms with E-state index in [2.05, 4.69) is 127 Å². The van der Waals surface area contributed by atoms with Gasteiger partial charge >= 0.3 is 0 Å². The van der Waals surface area contributed by atoms with Gasteiger partial charge in [-0.2, -0.15) is 0 Å².